The maximum absolute atomic E-state index is 9.69. The van der Waals surface area contributed by atoms with Crippen LogP contribution < -0.4 is 5.73 Å². The lowest BCUT2D eigenvalue weighted by Gasteiger charge is -2.17. The van der Waals surface area contributed by atoms with Gasteiger partial charge in [-0.15, -0.1) is 0 Å². The summed E-state index contributed by atoms with van der Waals surface area (Å²) in [6.07, 6.45) is -0.172. The van der Waals surface area contributed by atoms with E-state index in [2.05, 4.69) is 0 Å². The fraction of sp³-hybridized carbons (Fsp3) is 0.400. The fourth-order valence-electron chi connectivity index (χ4n) is 1.19. The summed E-state index contributed by atoms with van der Waals surface area (Å²) in [5, 5.41) is 27.9. The van der Waals surface area contributed by atoms with E-state index in [1.807, 2.05) is 6.92 Å². The normalized spacial score (nSPS) is 15.1. The molecule has 0 aromatic heterocycles. The minimum Gasteiger partial charge on any atom is -0.504 e. The average Bonchev–Trinajstić information content (AvgIpc) is 2.20. The quantitative estimate of drug-likeness (QED) is 0.541. The molecule has 0 radical (unpaired) electrons. The van der Waals surface area contributed by atoms with E-state index in [9.17, 15) is 10.2 Å². The van der Waals surface area contributed by atoms with E-state index in [1.165, 1.54) is 18.2 Å². The Hall–Kier alpha value is -1.26. The van der Waals surface area contributed by atoms with Crippen molar-refractivity contribution in [2.24, 2.45) is 5.73 Å². The van der Waals surface area contributed by atoms with Crippen LogP contribution in [-0.2, 0) is 0 Å². The smallest absolute Gasteiger partial charge is 0.157 e. The molecule has 0 unspecified atom stereocenters. The van der Waals surface area contributed by atoms with E-state index >= 15 is 0 Å². The van der Waals surface area contributed by atoms with E-state index in [4.69, 9.17) is 10.8 Å². The Morgan fingerprint density at radius 2 is 1.93 bits per heavy atom. The van der Waals surface area contributed by atoms with Gasteiger partial charge in [-0.05, 0) is 24.1 Å². The van der Waals surface area contributed by atoms with Crippen molar-refractivity contribution in [3.63, 3.8) is 0 Å². The van der Waals surface area contributed by atoms with Gasteiger partial charge in [-0.1, -0.05) is 13.0 Å². The number of phenolic OH excluding ortho intramolecular Hbond substituents is 2. The van der Waals surface area contributed by atoms with Crippen LogP contribution in [0.1, 0.15) is 25.0 Å². The van der Waals surface area contributed by atoms with Crippen LogP contribution in [0.15, 0.2) is 18.2 Å². The van der Waals surface area contributed by atoms with Crippen molar-refractivity contribution in [2.45, 2.75) is 25.5 Å². The first-order chi connectivity index (χ1) is 6.56. The van der Waals surface area contributed by atoms with Crippen LogP contribution in [0.5, 0.6) is 11.5 Å². The van der Waals surface area contributed by atoms with Crippen molar-refractivity contribution in [1.82, 2.24) is 0 Å². The second-order valence-corrected chi connectivity index (χ2v) is 3.27. The molecule has 0 amide bonds. The molecule has 0 saturated heterocycles. The third-order valence-electron chi connectivity index (χ3n) is 2.22. The molecule has 0 spiro atoms. The molecule has 2 atom stereocenters. The van der Waals surface area contributed by atoms with Gasteiger partial charge in [-0.3, -0.25) is 0 Å². The average molecular weight is 197 g/mol. The summed E-state index contributed by atoms with van der Waals surface area (Å²) < 4.78 is 0. The van der Waals surface area contributed by atoms with E-state index in [0.29, 0.717) is 12.0 Å². The molecule has 4 nitrogen and oxygen atoms in total. The highest BCUT2D eigenvalue weighted by Gasteiger charge is 2.16. The molecule has 5 N–H and O–H groups in total. The Kier molecular flexibility index (Phi) is 3.33. The zero-order chi connectivity index (χ0) is 10.7. The van der Waals surface area contributed by atoms with Crippen LogP contribution in [0.25, 0.3) is 0 Å². The highest BCUT2D eigenvalue weighted by Crippen LogP contribution is 2.28. The summed E-state index contributed by atoms with van der Waals surface area (Å²) in [5.41, 5.74) is 6.15. The van der Waals surface area contributed by atoms with Crippen LogP contribution >= 0.6 is 0 Å². The third-order valence-corrected chi connectivity index (χ3v) is 2.22. The predicted octanol–water partition coefficient (Wildman–Crippen LogP) is 0.868. The van der Waals surface area contributed by atoms with Gasteiger partial charge < -0.3 is 21.1 Å². The lowest BCUT2D eigenvalue weighted by Crippen LogP contribution is -2.27. The minimum absolute atomic E-state index is 0.203. The number of phenols is 2. The molecule has 14 heavy (non-hydrogen) atoms. The molecule has 1 aromatic rings. The summed E-state index contributed by atoms with van der Waals surface area (Å²) >= 11 is 0. The predicted molar refractivity (Wildman–Crippen MR) is 53.0 cm³/mol. The zero-order valence-corrected chi connectivity index (χ0v) is 8.01. The number of hydrogen-bond donors (Lipinski definition) is 4. The maximum Gasteiger partial charge on any atom is 0.157 e. The summed E-state index contributed by atoms with van der Waals surface area (Å²) in [7, 11) is 0. The second-order valence-electron chi connectivity index (χ2n) is 3.27. The van der Waals surface area contributed by atoms with Crippen molar-refractivity contribution < 1.29 is 15.3 Å². The van der Waals surface area contributed by atoms with E-state index in [1.54, 1.807) is 0 Å². The fourth-order valence-corrected chi connectivity index (χ4v) is 1.19. The first kappa shape index (κ1) is 10.8. The van der Waals surface area contributed by atoms with Gasteiger partial charge in [0.1, 0.15) is 0 Å². The van der Waals surface area contributed by atoms with Gasteiger partial charge in [0.05, 0.1) is 6.10 Å². The van der Waals surface area contributed by atoms with Crippen molar-refractivity contribution in [1.29, 1.82) is 0 Å². The van der Waals surface area contributed by atoms with Crippen molar-refractivity contribution >= 4 is 0 Å². The van der Waals surface area contributed by atoms with Gasteiger partial charge in [0.2, 0.25) is 0 Å². The molecule has 0 aliphatic heterocycles. The molecule has 0 fully saturated rings. The number of aromatic hydroxyl groups is 2. The molecule has 0 saturated carbocycles. The summed E-state index contributed by atoms with van der Waals surface area (Å²) in [6, 6.07) is 3.82. The van der Waals surface area contributed by atoms with Crippen molar-refractivity contribution in [3.05, 3.63) is 23.8 Å². The molecule has 0 heterocycles. The van der Waals surface area contributed by atoms with Gasteiger partial charge in [-0.25, -0.2) is 0 Å². The maximum atomic E-state index is 9.69. The van der Waals surface area contributed by atoms with Gasteiger partial charge in [0, 0.05) is 6.04 Å². The molecule has 0 aliphatic rings. The van der Waals surface area contributed by atoms with Gasteiger partial charge >= 0.3 is 0 Å². The number of nitrogens with two attached hydrogens (primary N) is 1. The molecule has 0 bridgehead atoms. The highest BCUT2D eigenvalue weighted by atomic mass is 16.3. The molecule has 1 rings (SSSR count). The minimum atomic E-state index is -0.813. The molecule has 4 heteroatoms. The van der Waals surface area contributed by atoms with Crippen LogP contribution in [0, 0.1) is 0 Å². The number of rotatable bonds is 3. The van der Waals surface area contributed by atoms with Crippen molar-refractivity contribution in [3.8, 4) is 11.5 Å². The highest BCUT2D eigenvalue weighted by molar-refractivity contribution is 5.41. The number of aliphatic hydroxyl groups excluding tert-OH is 1. The van der Waals surface area contributed by atoms with Gasteiger partial charge in [0.15, 0.2) is 11.5 Å². The largest absolute Gasteiger partial charge is 0.504 e. The first-order valence-electron chi connectivity index (χ1n) is 4.51. The molecule has 78 valence electrons. The van der Waals surface area contributed by atoms with Crippen molar-refractivity contribution in [2.75, 3.05) is 0 Å². The van der Waals surface area contributed by atoms with Gasteiger partial charge in [-0.2, -0.15) is 0 Å². The number of aliphatic hydroxyl groups is 1. The topological polar surface area (TPSA) is 86.7 Å². The zero-order valence-electron chi connectivity index (χ0n) is 8.01. The first-order valence-corrected chi connectivity index (χ1v) is 4.51. The Morgan fingerprint density at radius 1 is 1.29 bits per heavy atom. The second kappa shape index (κ2) is 4.30. The van der Waals surface area contributed by atoms with Crippen LogP contribution in [0.2, 0.25) is 0 Å². The summed E-state index contributed by atoms with van der Waals surface area (Å²) in [6.45, 7) is 1.87. The SMILES string of the molecule is CC[C@@H](N)[C@@H](O)c1ccc(O)c(O)c1. The monoisotopic (exact) mass is 197 g/mol. The van der Waals surface area contributed by atoms with E-state index in [0.717, 1.165) is 0 Å². The Morgan fingerprint density at radius 3 is 2.43 bits per heavy atom. The lowest BCUT2D eigenvalue weighted by atomic mass is 10.0. The number of benzene rings is 1. The van der Waals surface area contributed by atoms with E-state index < -0.39 is 6.10 Å². The van der Waals surface area contributed by atoms with E-state index in [-0.39, 0.29) is 17.5 Å². The summed E-state index contributed by atoms with van der Waals surface area (Å²) in [5.74, 6) is -0.448. The Balaban J connectivity index is 2.91. The van der Waals surface area contributed by atoms with Crippen LogP contribution in [0.3, 0.4) is 0 Å². The van der Waals surface area contributed by atoms with Crippen LogP contribution in [0.4, 0.5) is 0 Å². The Labute approximate surface area is 82.6 Å². The standard InChI is InChI=1S/C10H15NO3/c1-2-7(11)10(14)6-3-4-8(12)9(13)5-6/h3-5,7,10,12-14H,2,11H2,1H3/t7-,10+/m1/s1. The number of hydrogen-bond acceptors (Lipinski definition) is 4. The Bertz CT molecular complexity index is 314. The lowest BCUT2D eigenvalue weighted by molar-refractivity contribution is 0.144. The third kappa shape index (κ3) is 2.16. The molecular formula is C10H15NO3. The molecular weight excluding hydrogens is 182 g/mol. The molecule has 1 aromatic carbocycles. The van der Waals surface area contributed by atoms with Crippen LogP contribution in [-0.4, -0.2) is 21.4 Å². The summed E-state index contributed by atoms with van der Waals surface area (Å²) in [4.78, 5) is 0. The molecule has 0 aliphatic carbocycles. The van der Waals surface area contributed by atoms with Gasteiger partial charge in [0.25, 0.3) is 0 Å².